The summed E-state index contributed by atoms with van der Waals surface area (Å²) in [5.41, 5.74) is 0. The second-order valence-electron chi connectivity index (χ2n) is 3.52. The van der Waals surface area contributed by atoms with Crippen molar-refractivity contribution in [3.63, 3.8) is 0 Å². The molecule has 88 valence electrons. The molecule has 1 aromatic rings. The zero-order valence-electron chi connectivity index (χ0n) is 9.65. The molecule has 6 heteroatoms. The Morgan fingerprint density at radius 1 is 1.44 bits per heavy atom. The smallest absolute Gasteiger partial charge is 0.239 e. The van der Waals surface area contributed by atoms with Gasteiger partial charge in [-0.1, -0.05) is 0 Å². The van der Waals surface area contributed by atoms with Crippen LogP contribution >= 0.6 is 0 Å². The highest BCUT2D eigenvalue weighted by Gasteiger charge is 2.03. The van der Waals surface area contributed by atoms with E-state index >= 15 is 0 Å². The van der Waals surface area contributed by atoms with Crippen molar-refractivity contribution in [2.75, 3.05) is 19.0 Å². The maximum atomic E-state index is 11.3. The van der Waals surface area contributed by atoms with E-state index in [9.17, 15) is 4.79 Å². The first-order valence-electron chi connectivity index (χ1n) is 5.01. The molecule has 1 aromatic heterocycles. The molecular weight excluding hydrogens is 208 g/mol. The van der Waals surface area contributed by atoms with Gasteiger partial charge in [-0.25, -0.2) is 9.97 Å². The summed E-state index contributed by atoms with van der Waals surface area (Å²) in [5, 5.41) is 5.57. The van der Waals surface area contributed by atoms with E-state index in [0.29, 0.717) is 11.7 Å². The van der Waals surface area contributed by atoms with Gasteiger partial charge in [0.2, 0.25) is 11.9 Å². The molecule has 1 rings (SSSR count). The minimum absolute atomic E-state index is 0.0885. The molecular formula is C10H16N4O2. The number of hydrogen-bond donors (Lipinski definition) is 2. The van der Waals surface area contributed by atoms with Crippen molar-refractivity contribution < 1.29 is 9.53 Å². The highest BCUT2D eigenvalue weighted by molar-refractivity contribution is 5.80. The van der Waals surface area contributed by atoms with E-state index in [4.69, 9.17) is 4.74 Å². The average Bonchev–Trinajstić information content (AvgIpc) is 2.26. The predicted octanol–water partition coefficient (Wildman–Crippen LogP) is 0.422. The van der Waals surface area contributed by atoms with Crippen LogP contribution in [0.3, 0.4) is 0 Å². The number of amides is 1. The van der Waals surface area contributed by atoms with E-state index < -0.39 is 0 Å². The Kier molecular flexibility index (Phi) is 4.50. The standard InChI is InChI=1S/C10H16N4O2/c1-7(2)14-9(15)6-13-10-11-4-8(16-3)5-12-10/h4-5,7H,6H2,1-3H3,(H,14,15)(H,11,12,13). The molecule has 0 aliphatic carbocycles. The van der Waals surface area contributed by atoms with Crippen LogP contribution in [0.15, 0.2) is 12.4 Å². The van der Waals surface area contributed by atoms with Gasteiger partial charge in [-0.15, -0.1) is 0 Å². The van der Waals surface area contributed by atoms with Gasteiger partial charge in [0, 0.05) is 6.04 Å². The minimum Gasteiger partial charge on any atom is -0.494 e. The second-order valence-corrected chi connectivity index (χ2v) is 3.52. The molecule has 1 amide bonds. The molecule has 0 saturated heterocycles. The lowest BCUT2D eigenvalue weighted by atomic mass is 10.4. The Hall–Kier alpha value is -1.85. The van der Waals surface area contributed by atoms with Crippen LogP contribution in [-0.2, 0) is 4.79 Å². The minimum atomic E-state index is -0.0885. The Morgan fingerprint density at radius 2 is 2.06 bits per heavy atom. The third-order valence-electron chi connectivity index (χ3n) is 1.72. The maximum Gasteiger partial charge on any atom is 0.239 e. The first kappa shape index (κ1) is 12.2. The predicted molar refractivity (Wildman–Crippen MR) is 60.4 cm³/mol. The van der Waals surface area contributed by atoms with Crippen molar-refractivity contribution in [1.82, 2.24) is 15.3 Å². The number of hydrogen-bond acceptors (Lipinski definition) is 5. The van der Waals surface area contributed by atoms with Crippen LogP contribution in [0.1, 0.15) is 13.8 Å². The van der Waals surface area contributed by atoms with Crippen LogP contribution in [-0.4, -0.2) is 35.6 Å². The van der Waals surface area contributed by atoms with Gasteiger partial charge in [0.15, 0.2) is 5.75 Å². The van der Waals surface area contributed by atoms with Crippen LogP contribution in [0.4, 0.5) is 5.95 Å². The number of aromatic nitrogens is 2. The quantitative estimate of drug-likeness (QED) is 0.758. The lowest BCUT2D eigenvalue weighted by Crippen LogP contribution is -2.35. The molecule has 0 unspecified atom stereocenters. The van der Waals surface area contributed by atoms with Gasteiger partial charge in [0.05, 0.1) is 26.0 Å². The van der Waals surface area contributed by atoms with Gasteiger partial charge < -0.3 is 15.4 Å². The molecule has 1 heterocycles. The first-order valence-corrected chi connectivity index (χ1v) is 5.01. The Bertz CT molecular complexity index is 337. The van der Waals surface area contributed by atoms with E-state index in [0.717, 1.165) is 0 Å². The summed E-state index contributed by atoms with van der Waals surface area (Å²) in [6, 6.07) is 0.131. The van der Waals surface area contributed by atoms with Crippen molar-refractivity contribution >= 4 is 11.9 Å². The summed E-state index contributed by atoms with van der Waals surface area (Å²) in [6.45, 7) is 3.97. The van der Waals surface area contributed by atoms with Crippen molar-refractivity contribution in [3.8, 4) is 5.75 Å². The first-order chi connectivity index (χ1) is 7.61. The highest BCUT2D eigenvalue weighted by Crippen LogP contribution is 2.06. The summed E-state index contributed by atoms with van der Waals surface area (Å²) in [4.78, 5) is 19.2. The van der Waals surface area contributed by atoms with Gasteiger partial charge in [-0.05, 0) is 13.8 Å². The van der Waals surface area contributed by atoms with Crippen molar-refractivity contribution in [3.05, 3.63) is 12.4 Å². The molecule has 0 aromatic carbocycles. The van der Waals surface area contributed by atoms with Crippen molar-refractivity contribution in [1.29, 1.82) is 0 Å². The largest absolute Gasteiger partial charge is 0.494 e. The van der Waals surface area contributed by atoms with Gasteiger partial charge in [-0.3, -0.25) is 4.79 Å². The van der Waals surface area contributed by atoms with E-state index in [1.165, 1.54) is 12.4 Å². The number of carbonyl (C=O) groups is 1. The number of nitrogens with zero attached hydrogens (tertiary/aromatic N) is 2. The van der Waals surface area contributed by atoms with E-state index in [2.05, 4.69) is 20.6 Å². The lowest BCUT2D eigenvalue weighted by Gasteiger charge is -2.09. The molecule has 6 nitrogen and oxygen atoms in total. The molecule has 0 atom stereocenters. The molecule has 0 saturated carbocycles. The number of rotatable bonds is 5. The summed E-state index contributed by atoms with van der Waals surface area (Å²) in [5.74, 6) is 0.895. The fraction of sp³-hybridized carbons (Fsp3) is 0.500. The van der Waals surface area contributed by atoms with Crippen LogP contribution < -0.4 is 15.4 Å². The lowest BCUT2D eigenvalue weighted by molar-refractivity contribution is -0.119. The molecule has 0 radical (unpaired) electrons. The molecule has 2 N–H and O–H groups in total. The fourth-order valence-electron chi connectivity index (χ4n) is 1.05. The topological polar surface area (TPSA) is 76.1 Å². The van der Waals surface area contributed by atoms with E-state index in [1.54, 1.807) is 7.11 Å². The Labute approximate surface area is 94.4 Å². The summed E-state index contributed by atoms with van der Waals surface area (Å²) >= 11 is 0. The van der Waals surface area contributed by atoms with Crippen LogP contribution in [0.2, 0.25) is 0 Å². The van der Waals surface area contributed by atoms with Crippen LogP contribution in [0.5, 0.6) is 5.75 Å². The van der Waals surface area contributed by atoms with Gasteiger partial charge >= 0.3 is 0 Å². The number of ether oxygens (including phenoxy) is 1. The van der Waals surface area contributed by atoms with E-state index in [-0.39, 0.29) is 18.5 Å². The molecule has 0 fully saturated rings. The van der Waals surface area contributed by atoms with Crippen molar-refractivity contribution in [2.45, 2.75) is 19.9 Å². The fourth-order valence-corrected chi connectivity index (χ4v) is 1.05. The van der Waals surface area contributed by atoms with Gasteiger partial charge in [0.25, 0.3) is 0 Å². The molecule has 0 spiro atoms. The van der Waals surface area contributed by atoms with Crippen LogP contribution in [0, 0.1) is 0 Å². The van der Waals surface area contributed by atoms with Gasteiger partial charge in [0.1, 0.15) is 0 Å². The van der Waals surface area contributed by atoms with Gasteiger partial charge in [-0.2, -0.15) is 0 Å². The zero-order valence-corrected chi connectivity index (χ0v) is 9.65. The molecule has 0 bridgehead atoms. The Balaban J connectivity index is 2.39. The number of anilines is 1. The summed E-state index contributed by atoms with van der Waals surface area (Å²) in [7, 11) is 1.54. The molecule has 16 heavy (non-hydrogen) atoms. The third kappa shape index (κ3) is 4.12. The number of methoxy groups -OCH3 is 1. The van der Waals surface area contributed by atoms with E-state index in [1.807, 2.05) is 13.8 Å². The number of nitrogens with one attached hydrogen (secondary N) is 2. The molecule has 0 aliphatic rings. The SMILES string of the molecule is COc1cnc(NCC(=O)NC(C)C)nc1. The normalized spacial score (nSPS) is 10.0. The molecule has 0 aliphatic heterocycles. The second kappa shape index (κ2) is 5.89. The zero-order chi connectivity index (χ0) is 12.0. The summed E-state index contributed by atoms with van der Waals surface area (Å²) < 4.78 is 4.92. The monoisotopic (exact) mass is 224 g/mol. The van der Waals surface area contributed by atoms with Crippen LogP contribution in [0.25, 0.3) is 0 Å². The Morgan fingerprint density at radius 3 is 2.56 bits per heavy atom. The third-order valence-corrected chi connectivity index (χ3v) is 1.72. The summed E-state index contributed by atoms with van der Waals surface area (Å²) in [6.07, 6.45) is 3.07. The highest BCUT2D eigenvalue weighted by atomic mass is 16.5. The van der Waals surface area contributed by atoms with Crippen molar-refractivity contribution in [2.24, 2.45) is 0 Å². The average molecular weight is 224 g/mol. The maximum absolute atomic E-state index is 11.3. The number of carbonyl (C=O) groups excluding carboxylic acids is 1.